The molecule has 0 unspecified atom stereocenters. The lowest BCUT2D eigenvalue weighted by Crippen LogP contribution is -2.48. The van der Waals surface area contributed by atoms with E-state index in [4.69, 9.17) is 4.74 Å². The van der Waals surface area contributed by atoms with Gasteiger partial charge in [-0.05, 0) is 0 Å². The van der Waals surface area contributed by atoms with Gasteiger partial charge in [0.2, 0.25) is 0 Å². The lowest BCUT2D eigenvalue weighted by molar-refractivity contribution is -0.168. The fourth-order valence-corrected chi connectivity index (χ4v) is 1.89. The number of aliphatic hydroxyl groups excluding tert-OH is 1. The second-order valence-electron chi connectivity index (χ2n) is 3.64. The standard InChI is InChI=1S/C8H12O5/c1-12-7(10)8(11)2-4(9)6-5(3-8)13-6/h4-6,9,11H,2-3H2,1H3/t4-,5+,6-,8+/m1/s1. The van der Waals surface area contributed by atoms with Gasteiger partial charge in [-0.1, -0.05) is 0 Å². The van der Waals surface area contributed by atoms with Crippen LogP contribution >= 0.6 is 0 Å². The molecule has 1 heterocycles. The molecule has 74 valence electrons. The second kappa shape index (κ2) is 2.67. The van der Waals surface area contributed by atoms with E-state index >= 15 is 0 Å². The maximum atomic E-state index is 11.2. The summed E-state index contributed by atoms with van der Waals surface area (Å²) in [7, 11) is 1.21. The molecule has 1 aliphatic carbocycles. The summed E-state index contributed by atoms with van der Waals surface area (Å²) in [5.74, 6) is -0.694. The predicted octanol–water partition coefficient (Wildman–Crippen LogP) is -1.19. The van der Waals surface area contributed by atoms with E-state index in [2.05, 4.69) is 4.74 Å². The lowest BCUT2D eigenvalue weighted by atomic mass is 9.83. The van der Waals surface area contributed by atoms with Crippen LogP contribution in [0.25, 0.3) is 0 Å². The van der Waals surface area contributed by atoms with E-state index in [0.717, 1.165) is 0 Å². The maximum Gasteiger partial charge on any atom is 0.338 e. The number of fused-ring (bicyclic) bond motifs is 1. The van der Waals surface area contributed by atoms with Gasteiger partial charge in [-0.25, -0.2) is 4.79 Å². The molecule has 5 nitrogen and oxygen atoms in total. The van der Waals surface area contributed by atoms with E-state index in [-0.39, 0.29) is 25.0 Å². The van der Waals surface area contributed by atoms with Crippen molar-refractivity contribution in [3.63, 3.8) is 0 Å². The molecule has 0 aromatic carbocycles. The Morgan fingerprint density at radius 2 is 2.31 bits per heavy atom. The van der Waals surface area contributed by atoms with Crippen LogP contribution in [0.1, 0.15) is 12.8 Å². The van der Waals surface area contributed by atoms with Gasteiger partial charge in [0.15, 0.2) is 5.60 Å². The summed E-state index contributed by atoms with van der Waals surface area (Å²) in [6.07, 6.45) is -0.914. The van der Waals surface area contributed by atoms with Gasteiger partial charge in [0.1, 0.15) is 6.10 Å². The Labute approximate surface area is 75.3 Å². The van der Waals surface area contributed by atoms with Crippen LogP contribution in [-0.4, -0.2) is 47.2 Å². The molecule has 2 rings (SSSR count). The van der Waals surface area contributed by atoms with Crippen LogP contribution in [0.15, 0.2) is 0 Å². The molecule has 2 aliphatic rings. The van der Waals surface area contributed by atoms with Gasteiger partial charge in [0.05, 0.1) is 19.3 Å². The zero-order chi connectivity index (χ0) is 9.64. The quantitative estimate of drug-likeness (QED) is 0.399. The number of hydrogen-bond donors (Lipinski definition) is 2. The molecule has 0 radical (unpaired) electrons. The number of epoxide rings is 1. The molecule has 0 aromatic heterocycles. The molecular formula is C8H12O5. The number of carbonyl (C=O) groups excluding carboxylic acids is 1. The second-order valence-corrected chi connectivity index (χ2v) is 3.64. The Bertz CT molecular complexity index is 241. The number of carbonyl (C=O) groups is 1. The van der Waals surface area contributed by atoms with E-state index in [9.17, 15) is 15.0 Å². The predicted molar refractivity (Wildman–Crippen MR) is 40.9 cm³/mol. The largest absolute Gasteiger partial charge is 0.467 e. The monoisotopic (exact) mass is 188 g/mol. The molecule has 0 amide bonds. The highest BCUT2D eigenvalue weighted by molar-refractivity contribution is 5.79. The van der Waals surface area contributed by atoms with Crippen LogP contribution in [0.2, 0.25) is 0 Å². The zero-order valence-electron chi connectivity index (χ0n) is 7.27. The number of rotatable bonds is 1. The summed E-state index contributed by atoms with van der Waals surface area (Å²) in [6.45, 7) is 0. The maximum absolute atomic E-state index is 11.2. The third kappa shape index (κ3) is 1.33. The van der Waals surface area contributed by atoms with Crippen LogP contribution < -0.4 is 0 Å². The van der Waals surface area contributed by atoms with Crippen molar-refractivity contribution in [2.45, 2.75) is 36.8 Å². The SMILES string of the molecule is COC(=O)[C@]1(O)C[C@@H](O)[C@H]2O[C@H]2C1. The summed E-state index contributed by atoms with van der Waals surface area (Å²) >= 11 is 0. The van der Waals surface area contributed by atoms with Gasteiger partial charge in [0.25, 0.3) is 0 Å². The topological polar surface area (TPSA) is 79.3 Å². The fourth-order valence-electron chi connectivity index (χ4n) is 1.89. The Hall–Kier alpha value is -0.650. The first-order valence-electron chi connectivity index (χ1n) is 4.21. The molecule has 2 fully saturated rings. The minimum Gasteiger partial charge on any atom is -0.467 e. The first kappa shape index (κ1) is 8.93. The molecule has 5 heteroatoms. The number of aliphatic hydroxyl groups is 2. The number of esters is 1. The van der Waals surface area contributed by atoms with Crippen molar-refractivity contribution in [2.24, 2.45) is 0 Å². The van der Waals surface area contributed by atoms with Gasteiger partial charge in [-0.3, -0.25) is 0 Å². The number of methoxy groups -OCH3 is 1. The van der Waals surface area contributed by atoms with E-state index < -0.39 is 17.7 Å². The summed E-state index contributed by atoms with van der Waals surface area (Å²) in [5, 5.41) is 19.2. The highest BCUT2D eigenvalue weighted by Gasteiger charge is 2.58. The molecule has 1 saturated carbocycles. The van der Waals surface area contributed by atoms with E-state index in [1.807, 2.05) is 0 Å². The van der Waals surface area contributed by atoms with Crippen molar-refractivity contribution in [3.8, 4) is 0 Å². The van der Waals surface area contributed by atoms with E-state index in [1.54, 1.807) is 0 Å². The molecule has 0 bridgehead atoms. The minimum absolute atomic E-state index is 0.000833. The van der Waals surface area contributed by atoms with Crippen LogP contribution in [0.4, 0.5) is 0 Å². The van der Waals surface area contributed by atoms with E-state index in [1.165, 1.54) is 7.11 Å². The van der Waals surface area contributed by atoms with Gasteiger partial charge < -0.3 is 19.7 Å². The molecular weight excluding hydrogens is 176 g/mol. The van der Waals surface area contributed by atoms with Crippen LogP contribution in [0.3, 0.4) is 0 Å². The van der Waals surface area contributed by atoms with Crippen molar-refractivity contribution in [3.05, 3.63) is 0 Å². The molecule has 13 heavy (non-hydrogen) atoms. The summed E-state index contributed by atoms with van der Waals surface area (Å²) in [5.41, 5.74) is -1.56. The molecule has 4 atom stereocenters. The van der Waals surface area contributed by atoms with Crippen LogP contribution in [0.5, 0.6) is 0 Å². The van der Waals surface area contributed by atoms with Crippen molar-refractivity contribution >= 4 is 5.97 Å². The Morgan fingerprint density at radius 3 is 2.85 bits per heavy atom. The van der Waals surface area contributed by atoms with E-state index in [0.29, 0.717) is 0 Å². The van der Waals surface area contributed by atoms with Crippen LogP contribution in [-0.2, 0) is 14.3 Å². The summed E-state index contributed by atoms with van der Waals surface area (Å²) in [4.78, 5) is 11.2. The van der Waals surface area contributed by atoms with Crippen LogP contribution in [0, 0.1) is 0 Å². The average molecular weight is 188 g/mol. The smallest absolute Gasteiger partial charge is 0.338 e. The highest BCUT2D eigenvalue weighted by atomic mass is 16.6. The van der Waals surface area contributed by atoms with Gasteiger partial charge in [0, 0.05) is 12.8 Å². The summed E-state index contributed by atoms with van der Waals surface area (Å²) < 4.78 is 9.51. The number of hydrogen-bond acceptors (Lipinski definition) is 5. The molecule has 1 saturated heterocycles. The Balaban J connectivity index is 2.10. The van der Waals surface area contributed by atoms with Gasteiger partial charge >= 0.3 is 5.97 Å². The Kier molecular flexibility index (Phi) is 1.83. The zero-order valence-corrected chi connectivity index (χ0v) is 7.27. The average Bonchev–Trinajstić information content (AvgIpc) is 2.82. The first-order chi connectivity index (χ1) is 6.07. The number of ether oxygens (including phenoxy) is 2. The fraction of sp³-hybridized carbons (Fsp3) is 0.875. The summed E-state index contributed by atoms with van der Waals surface area (Å²) in [6, 6.07) is 0. The minimum atomic E-state index is -1.56. The van der Waals surface area contributed by atoms with Crippen molar-refractivity contribution in [1.29, 1.82) is 0 Å². The third-order valence-corrected chi connectivity index (χ3v) is 2.65. The first-order valence-corrected chi connectivity index (χ1v) is 4.21. The molecule has 0 spiro atoms. The third-order valence-electron chi connectivity index (χ3n) is 2.65. The molecule has 0 aromatic rings. The van der Waals surface area contributed by atoms with Crippen molar-refractivity contribution < 1.29 is 24.5 Å². The normalized spacial score (nSPS) is 48.1. The Morgan fingerprint density at radius 1 is 1.62 bits per heavy atom. The van der Waals surface area contributed by atoms with Crippen molar-refractivity contribution in [2.75, 3.05) is 7.11 Å². The highest BCUT2D eigenvalue weighted by Crippen LogP contribution is 2.42. The lowest BCUT2D eigenvalue weighted by Gasteiger charge is -2.29. The van der Waals surface area contributed by atoms with Gasteiger partial charge in [-0.2, -0.15) is 0 Å². The molecule has 2 N–H and O–H groups in total. The van der Waals surface area contributed by atoms with Crippen molar-refractivity contribution in [1.82, 2.24) is 0 Å². The van der Waals surface area contributed by atoms with Gasteiger partial charge in [-0.15, -0.1) is 0 Å². The molecule has 1 aliphatic heterocycles.